The number of halogens is 1. The molecule has 0 aliphatic carbocycles. The molecule has 7 nitrogen and oxygen atoms in total. The van der Waals surface area contributed by atoms with Gasteiger partial charge in [-0.2, -0.15) is 5.26 Å². The Balaban J connectivity index is 1.36. The standard InChI is InChI=1S/C39H31BrN2O5/c1-4-45-35-21-25(20-34(40)38(35)46-24-29-10-7-9-26-8-5-6-11-32(26)29)23-42-39-33(22-41)36(27-12-16-30(43-2)17-13-27)37(47-39)28-14-18-31(44-3)19-15-28/h5-21,23H,4,24H2,1-3H3/b42-23+. The van der Waals surface area contributed by atoms with E-state index in [4.69, 9.17) is 23.4 Å². The van der Waals surface area contributed by atoms with Crippen LogP contribution in [0.5, 0.6) is 23.0 Å². The second kappa shape index (κ2) is 14.3. The maximum atomic E-state index is 10.3. The highest BCUT2D eigenvalue weighted by Crippen LogP contribution is 2.44. The molecule has 8 heteroatoms. The molecule has 0 spiro atoms. The summed E-state index contributed by atoms with van der Waals surface area (Å²) >= 11 is 3.68. The Hall–Kier alpha value is -5.52. The number of rotatable bonds is 11. The van der Waals surface area contributed by atoms with Crippen LogP contribution >= 0.6 is 15.9 Å². The Kier molecular flexibility index (Phi) is 9.56. The molecule has 0 bridgehead atoms. The van der Waals surface area contributed by atoms with Crippen LogP contribution in [-0.2, 0) is 6.61 Å². The Morgan fingerprint density at radius 1 is 0.830 bits per heavy atom. The average molecular weight is 688 g/mol. The zero-order chi connectivity index (χ0) is 32.8. The first kappa shape index (κ1) is 31.5. The lowest BCUT2D eigenvalue weighted by atomic mass is 9.98. The van der Waals surface area contributed by atoms with Crippen molar-refractivity contribution in [3.63, 3.8) is 0 Å². The van der Waals surface area contributed by atoms with E-state index in [1.54, 1.807) is 20.4 Å². The van der Waals surface area contributed by atoms with Crippen LogP contribution in [0.15, 0.2) is 117 Å². The van der Waals surface area contributed by atoms with Crippen LogP contribution in [0.3, 0.4) is 0 Å². The fraction of sp³-hybridized carbons (Fsp3) is 0.128. The number of aliphatic imine (C=N–C) groups is 1. The van der Waals surface area contributed by atoms with Gasteiger partial charge in [-0.25, -0.2) is 4.99 Å². The third-order valence-electron chi connectivity index (χ3n) is 7.65. The Labute approximate surface area is 281 Å². The largest absolute Gasteiger partial charge is 0.497 e. The van der Waals surface area contributed by atoms with Crippen molar-refractivity contribution in [2.75, 3.05) is 20.8 Å². The van der Waals surface area contributed by atoms with E-state index in [1.807, 2.05) is 85.8 Å². The molecule has 6 rings (SSSR count). The third kappa shape index (κ3) is 6.71. The minimum absolute atomic E-state index is 0.189. The first-order chi connectivity index (χ1) is 23.0. The smallest absolute Gasteiger partial charge is 0.238 e. The summed E-state index contributed by atoms with van der Waals surface area (Å²) in [7, 11) is 3.23. The molecule has 1 heterocycles. The van der Waals surface area contributed by atoms with Gasteiger partial charge < -0.3 is 23.4 Å². The number of hydrogen-bond donors (Lipinski definition) is 0. The maximum absolute atomic E-state index is 10.3. The quantitative estimate of drug-likeness (QED) is 0.126. The van der Waals surface area contributed by atoms with Gasteiger partial charge in [0.25, 0.3) is 0 Å². The predicted molar refractivity (Wildman–Crippen MR) is 188 cm³/mol. The monoisotopic (exact) mass is 686 g/mol. The summed E-state index contributed by atoms with van der Waals surface area (Å²) in [6, 6.07) is 35.5. The third-order valence-corrected chi connectivity index (χ3v) is 8.24. The van der Waals surface area contributed by atoms with E-state index in [0.29, 0.717) is 57.6 Å². The van der Waals surface area contributed by atoms with Crippen molar-refractivity contribution in [2.24, 2.45) is 4.99 Å². The zero-order valence-corrected chi connectivity index (χ0v) is 27.7. The number of benzene rings is 5. The van der Waals surface area contributed by atoms with E-state index in [-0.39, 0.29) is 5.88 Å². The fourth-order valence-corrected chi connectivity index (χ4v) is 5.93. The molecule has 1 aromatic heterocycles. The van der Waals surface area contributed by atoms with E-state index < -0.39 is 0 Å². The molecule has 0 amide bonds. The number of fused-ring (bicyclic) bond motifs is 1. The summed E-state index contributed by atoms with van der Waals surface area (Å²) in [5.74, 6) is 3.30. The van der Waals surface area contributed by atoms with Gasteiger partial charge in [-0.1, -0.05) is 54.6 Å². The summed E-state index contributed by atoms with van der Waals surface area (Å²) in [6.45, 7) is 2.74. The second-order valence-corrected chi connectivity index (χ2v) is 11.4. The molecule has 0 radical (unpaired) electrons. The van der Waals surface area contributed by atoms with E-state index in [2.05, 4.69) is 51.3 Å². The Morgan fingerprint density at radius 2 is 1.51 bits per heavy atom. The van der Waals surface area contributed by atoms with Crippen LogP contribution in [-0.4, -0.2) is 27.0 Å². The number of nitrogens with zero attached hydrogens (tertiary/aromatic N) is 2. The molecule has 0 N–H and O–H groups in total. The molecule has 0 aliphatic rings. The van der Waals surface area contributed by atoms with Gasteiger partial charge in [0.2, 0.25) is 5.88 Å². The van der Waals surface area contributed by atoms with Crippen molar-refractivity contribution in [3.8, 4) is 51.5 Å². The molecule has 0 saturated heterocycles. The Morgan fingerprint density at radius 3 is 2.19 bits per heavy atom. The van der Waals surface area contributed by atoms with Crippen LogP contribution in [0.25, 0.3) is 33.2 Å². The van der Waals surface area contributed by atoms with Crippen molar-refractivity contribution in [2.45, 2.75) is 13.5 Å². The molecule has 0 atom stereocenters. The van der Waals surface area contributed by atoms with Gasteiger partial charge in [-0.05, 0) is 98.8 Å². The Bertz CT molecular complexity index is 2090. The van der Waals surface area contributed by atoms with Crippen molar-refractivity contribution >= 4 is 38.8 Å². The van der Waals surface area contributed by atoms with Gasteiger partial charge in [0.05, 0.1) is 25.3 Å². The summed E-state index contributed by atoms with van der Waals surface area (Å²) in [5.41, 5.74) is 4.34. The van der Waals surface area contributed by atoms with Crippen molar-refractivity contribution in [3.05, 3.63) is 124 Å². The summed E-state index contributed by atoms with van der Waals surface area (Å²) < 4.78 is 30.0. The van der Waals surface area contributed by atoms with Gasteiger partial charge in [0.1, 0.15) is 35.5 Å². The van der Waals surface area contributed by atoms with Crippen LogP contribution in [0.4, 0.5) is 5.88 Å². The van der Waals surface area contributed by atoms with Gasteiger partial charge in [-0.3, -0.25) is 0 Å². The second-order valence-electron chi connectivity index (χ2n) is 10.5. The minimum Gasteiger partial charge on any atom is -0.497 e. The lowest BCUT2D eigenvalue weighted by molar-refractivity contribution is 0.268. The number of hydrogen-bond acceptors (Lipinski definition) is 7. The van der Waals surface area contributed by atoms with Crippen molar-refractivity contribution in [1.82, 2.24) is 0 Å². The maximum Gasteiger partial charge on any atom is 0.238 e. The van der Waals surface area contributed by atoms with E-state index in [9.17, 15) is 5.26 Å². The van der Waals surface area contributed by atoms with Gasteiger partial charge in [0, 0.05) is 17.3 Å². The van der Waals surface area contributed by atoms with Gasteiger partial charge in [-0.15, -0.1) is 0 Å². The highest BCUT2D eigenvalue weighted by atomic mass is 79.9. The number of furan rings is 1. The molecule has 6 aromatic rings. The number of methoxy groups -OCH3 is 2. The highest BCUT2D eigenvalue weighted by molar-refractivity contribution is 9.10. The van der Waals surface area contributed by atoms with Gasteiger partial charge in [0.15, 0.2) is 11.5 Å². The van der Waals surface area contributed by atoms with E-state index in [0.717, 1.165) is 33.0 Å². The van der Waals surface area contributed by atoms with Crippen molar-refractivity contribution in [1.29, 1.82) is 5.26 Å². The molecule has 0 saturated carbocycles. The molecule has 5 aromatic carbocycles. The van der Waals surface area contributed by atoms with Crippen molar-refractivity contribution < 1.29 is 23.4 Å². The molecular weight excluding hydrogens is 656 g/mol. The molecule has 47 heavy (non-hydrogen) atoms. The summed E-state index contributed by atoms with van der Waals surface area (Å²) in [4.78, 5) is 4.67. The number of ether oxygens (including phenoxy) is 4. The van der Waals surface area contributed by atoms with Crippen LogP contribution in [0.1, 0.15) is 23.6 Å². The summed E-state index contributed by atoms with van der Waals surface area (Å²) in [5, 5.41) is 12.6. The molecule has 0 aliphatic heterocycles. The van der Waals surface area contributed by atoms with E-state index >= 15 is 0 Å². The topological polar surface area (TPSA) is 86.2 Å². The SMILES string of the molecule is CCOc1cc(/C=N/c2oc(-c3ccc(OC)cc3)c(-c3ccc(OC)cc3)c2C#N)cc(Br)c1OCc1cccc2ccccc12. The highest BCUT2D eigenvalue weighted by Gasteiger charge is 2.23. The van der Waals surface area contributed by atoms with Crippen LogP contribution in [0.2, 0.25) is 0 Å². The average Bonchev–Trinajstić information content (AvgIpc) is 3.49. The van der Waals surface area contributed by atoms with Crippen LogP contribution in [0, 0.1) is 11.3 Å². The molecular formula is C39H31BrN2O5. The zero-order valence-electron chi connectivity index (χ0n) is 26.1. The van der Waals surface area contributed by atoms with Gasteiger partial charge >= 0.3 is 0 Å². The lowest BCUT2D eigenvalue weighted by Gasteiger charge is -2.15. The lowest BCUT2D eigenvalue weighted by Crippen LogP contribution is -2.02. The predicted octanol–water partition coefficient (Wildman–Crippen LogP) is 10.1. The first-order valence-corrected chi connectivity index (χ1v) is 15.8. The first-order valence-electron chi connectivity index (χ1n) is 15.0. The molecule has 0 fully saturated rings. The molecule has 234 valence electrons. The van der Waals surface area contributed by atoms with E-state index in [1.165, 1.54) is 0 Å². The fourth-order valence-electron chi connectivity index (χ4n) is 5.36. The molecule has 0 unspecified atom stereocenters. The van der Waals surface area contributed by atoms with Crippen LogP contribution < -0.4 is 18.9 Å². The minimum atomic E-state index is 0.189. The number of nitriles is 1. The summed E-state index contributed by atoms with van der Waals surface area (Å²) in [6.07, 6.45) is 1.65. The normalized spacial score (nSPS) is 11.0.